The Bertz CT molecular complexity index is 522. The third-order valence-electron chi connectivity index (χ3n) is 2.60. The van der Waals surface area contributed by atoms with Crippen molar-refractivity contribution in [1.29, 1.82) is 0 Å². The molecule has 0 unspecified atom stereocenters. The van der Waals surface area contributed by atoms with Crippen molar-refractivity contribution in [3.8, 4) is 11.5 Å². The molecule has 0 bridgehead atoms. The number of rotatable bonds is 3. The van der Waals surface area contributed by atoms with Crippen molar-refractivity contribution in [3.05, 3.63) is 18.2 Å². The van der Waals surface area contributed by atoms with Gasteiger partial charge in [0, 0.05) is 6.07 Å². The maximum absolute atomic E-state index is 11.7. The first-order chi connectivity index (χ1) is 7.65. The van der Waals surface area contributed by atoms with Gasteiger partial charge in [0.05, 0.1) is 10.9 Å². The fourth-order valence-electron chi connectivity index (χ4n) is 1.59. The summed E-state index contributed by atoms with van der Waals surface area (Å²) >= 11 is 0. The Morgan fingerprint density at radius 2 is 1.94 bits per heavy atom. The number of benzene rings is 1. The van der Waals surface area contributed by atoms with Crippen LogP contribution in [-0.4, -0.2) is 20.5 Å². The Hall–Kier alpha value is -1.43. The Labute approximate surface area is 93.4 Å². The highest BCUT2D eigenvalue weighted by Crippen LogP contribution is 2.36. The maximum atomic E-state index is 11.7. The number of nitrogens with one attached hydrogen (secondary N) is 1. The number of fused-ring (bicyclic) bond motifs is 1. The lowest BCUT2D eigenvalue weighted by atomic mass is 10.3. The standard InChI is InChI=1S/C10H11NO4S/c12-16(13,8-2-3-8)11-7-1-4-9-10(5-7)15-6-14-9/h1,4-5,8,11H,2-3,6H2. The van der Waals surface area contributed by atoms with E-state index in [9.17, 15) is 8.42 Å². The van der Waals surface area contributed by atoms with Crippen LogP contribution in [0.2, 0.25) is 0 Å². The van der Waals surface area contributed by atoms with Gasteiger partial charge < -0.3 is 9.47 Å². The zero-order chi connectivity index (χ0) is 11.2. The van der Waals surface area contributed by atoms with Gasteiger partial charge in [-0.15, -0.1) is 0 Å². The van der Waals surface area contributed by atoms with Gasteiger partial charge in [-0.1, -0.05) is 0 Å². The third-order valence-corrected chi connectivity index (χ3v) is 4.47. The van der Waals surface area contributed by atoms with Crippen LogP contribution in [0.3, 0.4) is 0 Å². The number of ether oxygens (including phenoxy) is 2. The van der Waals surface area contributed by atoms with Gasteiger partial charge in [0.1, 0.15) is 0 Å². The predicted molar refractivity (Wildman–Crippen MR) is 58.1 cm³/mol. The van der Waals surface area contributed by atoms with Gasteiger partial charge in [0.15, 0.2) is 11.5 Å². The SMILES string of the molecule is O=S(=O)(Nc1ccc2c(c1)OCO2)C1CC1. The first-order valence-electron chi connectivity index (χ1n) is 5.06. The number of sulfonamides is 1. The van der Waals surface area contributed by atoms with Crippen molar-refractivity contribution in [2.45, 2.75) is 18.1 Å². The molecule has 3 rings (SSSR count). The van der Waals surface area contributed by atoms with Gasteiger partial charge >= 0.3 is 0 Å². The highest BCUT2D eigenvalue weighted by molar-refractivity contribution is 7.93. The van der Waals surface area contributed by atoms with Gasteiger partial charge in [0.2, 0.25) is 16.8 Å². The second-order valence-corrected chi connectivity index (χ2v) is 5.88. The van der Waals surface area contributed by atoms with Crippen LogP contribution in [0.4, 0.5) is 5.69 Å². The smallest absolute Gasteiger partial charge is 0.235 e. The summed E-state index contributed by atoms with van der Waals surface area (Å²) < 4.78 is 36.2. The van der Waals surface area contributed by atoms with Crippen LogP contribution in [0, 0.1) is 0 Å². The van der Waals surface area contributed by atoms with E-state index in [0.717, 1.165) is 12.8 Å². The normalized spacial score (nSPS) is 18.5. The van der Waals surface area contributed by atoms with Crippen molar-refractivity contribution in [3.63, 3.8) is 0 Å². The topological polar surface area (TPSA) is 64.6 Å². The van der Waals surface area contributed by atoms with Crippen molar-refractivity contribution in [2.75, 3.05) is 11.5 Å². The molecule has 0 aromatic heterocycles. The minimum absolute atomic E-state index is 0.189. The molecule has 86 valence electrons. The molecule has 1 heterocycles. The summed E-state index contributed by atoms with van der Waals surface area (Å²) in [6, 6.07) is 5.02. The second-order valence-electron chi connectivity index (χ2n) is 3.91. The molecule has 0 saturated heterocycles. The summed E-state index contributed by atoms with van der Waals surface area (Å²) in [5.74, 6) is 1.23. The highest BCUT2D eigenvalue weighted by Gasteiger charge is 2.35. The van der Waals surface area contributed by atoms with Crippen molar-refractivity contribution < 1.29 is 17.9 Å². The van der Waals surface area contributed by atoms with Crippen LogP contribution in [0.5, 0.6) is 11.5 Å². The third kappa shape index (κ3) is 1.69. The number of anilines is 1. The average molecular weight is 241 g/mol. The second kappa shape index (κ2) is 3.28. The van der Waals surface area contributed by atoms with Crippen LogP contribution in [0.1, 0.15) is 12.8 Å². The Morgan fingerprint density at radius 3 is 2.69 bits per heavy atom. The number of hydrogen-bond donors (Lipinski definition) is 1. The molecule has 1 aromatic carbocycles. The fraction of sp³-hybridized carbons (Fsp3) is 0.400. The average Bonchev–Trinajstić information content (AvgIpc) is 2.99. The molecule has 1 N–H and O–H groups in total. The molecule has 0 spiro atoms. The van der Waals surface area contributed by atoms with Gasteiger partial charge in [0.25, 0.3) is 0 Å². The van der Waals surface area contributed by atoms with Crippen LogP contribution < -0.4 is 14.2 Å². The van der Waals surface area contributed by atoms with Crippen LogP contribution in [0.15, 0.2) is 18.2 Å². The van der Waals surface area contributed by atoms with E-state index >= 15 is 0 Å². The predicted octanol–water partition coefficient (Wildman–Crippen LogP) is 1.32. The molecular weight excluding hydrogens is 230 g/mol. The number of hydrogen-bond acceptors (Lipinski definition) is 4. The van der Waals surface area contributed by atoms with Crippen molar-refractivity contribution in [1.82, 2.24) is 0 Å². The van der Waals surface area contributed by atoms with Gasteiger partial charge in [-0.25, -0.2) is 8.42 Å². The first kappa shape index (κ1) is 9.77. The van der Waals surface area contributed by atoms with E-state index in [0.29, 0.717) is 17.2 Å². The molecular formula is C10H11NO4S. The molecule has 1 aliphatic carbocycles. The molecule has 1 aliphatic heterocycles. The van der Waals surface area contributed by atoms with Gasteiger partial charge in [-0.05, 0) is 25.0 Å². The zero-order valence-corrected chi connectivity index (χ0v) is 9.29. The minimum Gasteiger partial charge on any atom is -0.454 e. The summed E-state index contributed by atoms with van der Waals surface area (Å²) in [5, 5.41) is -0.224. The van der Waals surface area contributed by atoms with Crippen LogP contribution in [0.25, 0.3) is 0 Å². The molecule has 2 aliphatic rings. The molecule has 0 atom stereocenters. The summed E-state index contributed by atoms with van der Waals surface area (Å²) in [5.41, 5.74) is 0.524. The molecule has 1 aromatic rings. The van der Waals surface area contributed by atoms with E-state index < -0.39 is 10.0 Å². The monoisotopic (exact) mass is 241 g/mol. The molecule has 0 radical (unpaired) electrons. The summed E-state index contributed by atoms with van der Waals surface area (Å²) in [7, 11) is -3.20. The van der Waals surface area contributed by atoms with E-state index in [1.165, 1.54) is 0 Å². The lowest BCUT2D eigenvalue weighted by Crippen LogP contribution is -2.17. The van der Waals surface area contributed by atoms with Crippen molar-refractivity contribution in [2.24, 2.45) is 0 Å². The Kier molecular flexibility index (Phi) is 2.00. The molecule has 5 nitrogen and oxygen atoms in total. The molecule has 1 saturated carbocycles. The zero-order valence-electron chi connectivity index (χ0n) is 8.47. The lowest BCUT2D eigenvalue weighted by molar-refractivity contribution is 0.174. The quantitative estimate of drug-likeness (QED) is 0.866. The summed E-state index contributed by atoms with van der Waals surface area (Å²) in [6.07, 6.45) is 1.50. The van der Waals surface area contributed by atoms with E-state index in [-0.39, 0.29) is 12.0 Å². The van der Waals surface area contributed by atoms with Crippen LogP contribution in [-0.2, 0) is 10.0 Å². The van der Waals surface area contributed by atoms with E-state index in [2.05, 4.69) is 4.72 Å². The molecule has 1 fully saturated rings. The Morgan fingerprint density at radius 1 is 1.19 bits per heavy atom. The maximum Gasteiger partial charge on any atom is 0.235 e. The molecule has 0 amide bonds. The Balaban J connectivity index is 1.85. The fourth-order valence-corrected chi connectivity index (χ4v) is 2.96. The largest absolute Gasteiger partial charge is 0.454 e. The lowest BCUT2D eigenvalue weighted by Gasteiger charge is -2.07. The van der Waals surface area contributed by atoms with Gasteiger partial charge in [-0.3, -0.25) is 4.72 Å². The van der Waals surface area contributed by atoms with E-state index in [1.807, 2.05) is 0 Å². The summed E-state index contributed by atoms with van der Waals surface area (Å²) in [4.78, 5) is 0. The van der Waals surface area contributed by atoms with Crippen LogP contribution >= 0.6 is 0 Å². The molecule has 16 heavy (non-hydrogen) atoms. The minimum atomic E-state index is -3.20. The first-order valence-corrected chi connectivity index (χ1v) is 6.61. The van der Waals surface area contributed by atoms with Crippen molar-refractivity contribution >= 4 is 15.7 Å². The van der Waals surface area contributed by atoms with E-state index in [1.54, 1.807) is 18.2 Å². The molecule has 6 heteroatoms. The van der Waals surface area contributed by atoms with Gasteiger partial charge in [-0.2, -0.15) is 0 Å². The summed E-state index contributed by atoms with van der Waals surface area (Å²) in [6.45, 7) is 0.189. The highest BCUT2D eigenvalue weighted by atomic mass is 32.2. The van der Waals surface area contributed by atoms with E-state index in [4.69, 9.17) is 9.47 Å².